The number of hydrogen-bond acceptors (Lipinski definition) is 3. The van der Waals surface area contributed by atoms with Crippen LogP contribution in [-0.4, -0.2) is 17.0 Å². The summed E-state index contributed by atoms with van der Waals surface area (Å²) < 4.78 is 5.76. The van der Waals surface area contributed by atoms with Crippen molar-refractivity contribution in [3.8, 4) is 5.75 Å². The number of nitrogens with zero attached hydrogens (tertiary/aromatic N) is 1. The van der Waals surface area contributed by atoms with E-state index in [0.717, 1.165) is 23.3 Å². The van der Waals surface area contributed by atoms with E-state index < -0.39 is 6.10 Å². The molecule has 1 N–H and O–H groups in total. The molecule has 1 heterocycles. The minimum absolute atomic E-state index is 0.127. The zero-order chi connectivity index (χ0) is 15.1. The van der Waals surface area contributed by atoms with Crippen molar-refractivity contribution in [1.29, 1.82) is 0 Å². The van der Waals surface area contributed by atoms with Gasteiger partial charge in [0.15, 0.2) is 6.10 Å². The third-order valence-corrected chi connectivity index (χ3v) is 3.24. The molecule has 0 aliphatic heterocycles. The Morgan fingerprint density at radius 2 is 1.95 bits per heavy atom. The van der Waals surface area contributed by atoms with Gasteiger partial charge in [0.25, 0.3) is 5.91 Å². The number of rotatable bonds is 6. The molecule has 0 spiro atoms. The average Bonchev–Trinajstić information content (AvgIpc) is 2.54. The van der Waals surface area contributed by atoms with Gasteiger partial charge in [0.05, 0.1) is 0 Å². The maximum absolute atomic E-state index is 12.1. The molecule has 110 valence electrons. The van der Waals surface area contributed by atoms with Gasteiger partial charge >= 0.3 is 0 Å². The van der Waals surface area contributed by atoms with Crippen molar-refractivity contribution in [1.82, 2.24) is 10.3 Å². The molecule has 0 aliphatic carbocycles. The number of amides is 1. The smallest absolute Gasteiger partial charge is 0.261 e. The molecule has 0 unspecified atom stereocenters. The minimum atomic E-state index is -0.528. The van der Waals surface area contributed by atoms with E-state index in [-0.39, 0.29) is 5.91 Å². The van der Waals surface area contributed by atoms with Crippen molar-refractivity contribution in [2.45, 2.75) is 32.9 Å². The van der Waals surface area contributed by atoms with Crippen LogP contribution in [0.3, 0.4) is 0 Å². The molecule has 1 atom stereocenters. The van der Waals surface area contributed by atoms with Gasteiger partial charge in [-0.05, 0) is 42.7 Å². The number of carbonyl (C=O) groups is 1. The molecule has 2 rings (SSSR count). The van der Waals surface area contributed by atoms with E-state index >= 15 is 0 Å². The van der Waals surface area contributed by atoms with Gasteiger partial charge in [0, 0.05) is 18.9 Å². The standard InChI is InChI=1S/C17H20N2O2/c1-3-15-6-4-5-7-16(15)21-13(2)17(20)19-12-14-8-10-18-11-9-14/h4-11,13H,3,12H2,1-2H3,(H,19,20)/t13-/m0/s1. The summed E-state index contributed by atoms with van der Waals surface area (Å²) in [5.41, 5.74) is 2.12. The Balaban J connectivity index is 1.90. The fraction of sp³-hybridized carbons (Fsp3) is 0.294. The lowest BCUT2D eigenvalue weighted by atomic mass is 10.1. The number of nitrogens with one attached hydrogen (secondary N) is 1. The molecule has 0 bridgehead atoms. The highest BCUT2D eigenvalue weighted by molar-refractivity contribution is 5.80. The van der Waals surface area contributed by atoms with Crippen LogP contribution in [0.2, 0.25) is 0 Å². The predicted octanol–water partition coefficient (Wildman–Crippen LogP) is 2.73. The van der Waals surface area contributed by atoms with Crippen LogP contribution < -0.4 is 10.1 Å². The number of para-hydroxylation sites is 1. The minimum Gasteiger partial charge on any atom is -0.481 e. The Kier molecular flexibility index (Phi) is 5.32. The molecule has 0 saturated carbocycles. The van der Waals surface area contributed by atoms with Crippen molar-refractivity contribution in [3.05, 3.63) is 59.9 Å². The van der Waals surface area contributed by atoms with Crippen LogP contribution in [0.5, 0.6) is 5.75 Å². The predicted molar refractivity (Wildman–Crippen MR) is 82.0 cm³/mol. The maximum Gasteiger partial charge on any atom is 0.261 e. The first-order chi connectivity index (χ1) is 10.2. The van der Waals surface area contributed by atoms with Crippen molar-refractivity contribution >= 4 is 5.91 Å². The van der Waals surface area contributed by atoms with E-state index in [4.69, 9.17) is 4.74 Å². The van der Waals surface area contributed by atoms with Crippen LogP contribution >= 0.6 is 0 Å². The highest BCUT2D eigenvalue weighted by Crippen LogP contribution is 2.19. The molecule has 2 aromatic rings. The van der Waals surface area contributed by atoms with Gasteiger partial charge in [-0.1, -0.05) is 25.1 Å². The van der Waals surface area contributed by atoms with Crippen LogP contribution in [0.4, 0.5) is 0 Å². The normalized spacial score (nSPS) is 11.7. The molecule has 1 aromatic heterocycles. The molecule has 4 nitrogen and oxygen atoms in total. The summed E-state index contributed by atoms with van der Waals surface area (Å²) in [4.78, 5) is 16.0. The monoisotopic (exact) mass is 284 g/mol. The summed E-state index contributed by atoms with van der Waals surface area (Å²) >= 11 is 0. The number of ether oxygens (including phenoxy) is 1. The van der Waals surface area contributed by atoms with E-state index in [1.54, 1.807) is 19.3 Å². The summed E-state index contributed by atoms with van der Waals surface area (Å²) in [6.45, 7) is 4.30. The quantitative estimate of drug-likeness (QED) is 0.887. The van der Waals surface area contributed by atoms with E-state index in [0.29, 0.717) is 6.54 Å². The highest BCUT2D eigenvalue weighted by atomic mass is 16.5. The summed E-state index contributed by atoms with van der Waals surface area (Å²) in [6, 6.07) is 11.5. The van der Waals surface area contributed by atoms with Crippen molar-refractivity contribution in [2.75, 3.05) is 0 Å². The van der Waals surface area contributed by atoms with Crippen LogP contribution in [0.1, 0.15) is 25.0 Å². The van der Waals surface area contributed by atoms with Gasteiger partial charge in [0.1, 0.15) is 5.75 Å². The van der Waals surface area contributed by atoms with Crippen molar-refractivity contribution < 1.29 is 9.53 Å². The topological polar surface area (TPSA) is 51.2 Å². The van der Waals surface area contributed by atoms with Gasteiger partial charge in [-0.3, -0.25) is 9.78 Å². The third kappa shape index (κ3) is 4.31. The number of carbonyl (C=O) groups excluding carboxylic acids is 1. The molecule has 4 heteroatoms. The second-order valence-electron chi connectivity index (χ2n) is 4.79. The van der Waals surface area contributed by atoms with E-state index in [2.05, 4.69) is 17.2 Å². The maximum atomic E-state index is 12.1. The lowest BCUT2D eigenvalue weighted by Gasteiger charge is -2.16. The lowest BCUT2D eigenvalue weighted by Crippen LogP contribution is -2.36. The summed E-state index contributed by atoms with van der Waals surface area (Å²) in [5.74, 6) is 0.643. The van der Waals surface area contributed by atoms with Gasteiger partial charge in [0.2, 0.25) is 0 Å². The van der Waals surface area contributed by atoms with Crippen molar-refractivity contribution in [2.24, 2.45) is 0 Å². The second-order valence-corrected chi connectivity index (χ2v) is 4.79. The molecular weight excluding hydrogens is 264 g/mol. The first-order valence-corrected chi connectivity index (χ1v) is 7.12. The molecule has 0 radical (unpaired) electrons. The van der Waals surface area contributed by atoms with Gasteiger partial charge in [-0.2, -0.15) is 0 Å². The fourth-order valence-corrected chi connectivity index (χ4v) is 1.99. The molecule has 0 saturated heterocycles. The molecule has 0 fully saturated rings. The molecule has 0 aliphatic rings. The van der Waals surface area contributed by atoms with Gasteiger partial charge in [-0.25, -0.2) is 0 Å². The Morgan fingerprint density at radius 3 is 2.67 bits per heavy atom. The zero-order valence-electron chi connectivity index (χ0n) is 12.4. The van der Waals surface area contributed by atoms with Gasteiger partial charge in [-0.15, -0.1) is 0 Å². The first-order valence-electron chi connectivity index (χ1n) is 7.12. The van der Waals surface area contributed by atoms with Crippen LogP contribution in [0.15, 0.2) is 48.8 Å². The number of pyridine rings is 1. The van der Waals surface area contributed by atoms with Crippen LogP contribution in [0, 0.1) is 0 Å². The Bertz CT molecular complexity index is 584. The van der Waals surface area contributed by atoms with E-state index in [1.807, 2.05) is 36.4 Å². The Hall–Kier alpha value is -2.36. The summed E-state index contributed by atoms with van der Waals surface area (Å²) in [6.07, 6.45) is 3.76. The average molecular weight is 284 g/mol. The highest BCUT2D eigenvalue weighted by Gasteiger charge is 2.15. The molecule has 1 amide bonds. The lowest BCUT2D eigenvalue weighted by molar-refractivity contribution is -0.127. The SMILES string of the molecule is CCc1ccccc1O[C@@H](C)C(=O)NCc1ccncc1. The van der Waals surface area contributed by atoms with Crippen molar-refractivity contribution in [3.63, 3.8) is 0 Å². The van der Waals surface area contributed by atoms with E-state index in [9.17, 15) is 4.79 Å². The van der Waals surface area contributed by atoms with Crippen LogP contribution in [0.25, 0.3) is 0 Å². The third-order valence-electron chi connectivity index (χ3n) is 3.24. The van der Waals surface area contributed by atoms with E-state index in [1.165, 1.54) is 0 Å². The summed E-state index contributed by atoms with van der Waals surface area (Å²) in [7, 11) is 0. The molecular formula is C17H20N2O2. The number of aromatic nitrogens is 1. The largest absolute Gasteiger partial charge is 0.481 e. The second kappa shape index (κ2) is 7.43. The van der Waals surface area contributed by atoms with Gasteiger partial charge < -0.3 is 10.1 Å². The Labute approximate surface area is 125 Å². The zero-order valence-corrected chi connectivity index (χ0v) is 12.4. The number of hydrogen-bond donors (Lipinski definition) is 1. The first kappa shape index (κ1) is 15.0. The molecule has 21 heavy (non-hydrogen) atoms. The summed E-state index contributed by atoms with van der Waals surface area (Å²) in [5, 5.41) is 2.86. The molecule has 1 aromatic carbocycles. The van der Waals surface area contributed by atoms with Crippen LogP contribution in [-0.2, 0) is 17.8 Å². The number of aryl methyl sites for hydroxylation is 1. The Morgan fingerprint density at radius 1 is 1.24 bits per heavy atom. The number of benzene rings is 1. The fourth-order valence-electron chi connectivity index (χ4n) is 1.99.